The van der Waals surface area contributed by atoms with Crippen molar-refractivity contribution < 1.29 is 0 Å². The smallest absolute Gasteiger partial charge is 0.0360 e. The Labute approximate surface area is 236 Å². The van der Waals surface area contributed by atoms with Crippen LogP contribution in [0.2, 0.25) is 0 Å². The Kier molecular flexibility index (Phi) is 22.4. The van der Waals surface area contributed by atoms with Crippen LogP contribution in [0.3, 0.4) is 0 Å². The third-order valence-corrected chi connectivity index (χ3v) is 10.5. The van der Waals surface area contributed by atoms with Gasteiger partial charge in [-0.1, -0.05) is 219 Å². The van der Waals surface area contributed by atoms with Crippen LogP contribution in [-0.4, -0.2) is 0 Å². The standard InChI is InChI=1S/C37H72/c1-2-37(35-31-27-23-19-15-11-7-3-4-8-12-16-20-24-28-32-35)36-33-29-25-21-17-13-9-5-6-10-14-18-22-26-30-34-36/h35-37H,2-34H2,1H3. The highest BCUT2D eigenvalue weighted by molar-refractivity contribution is 4.78. The van der Waals surface area contributed by atoms with Crippen molar-refractivity contribution in [3.05, 3.63) is 0 Å². The van der Waals surface area contributed by atoms with Crippen LogP contribution in [0.1, 0.15) is 219 Å². The molecule has 2 rings (SSSR count). The van der Waals surface area contributed by atoms with Gasteiger partial charge in [0.15, 0.2) is 0 Å². The minimum Gasteiger partial charge on any atom is -0.0651 e. The van der Waals surface area contributed by atoms with E-state index in [4.69, 9.17) is 0 Å². The van der Waals surface area contributed by atoms with Crippen LogP contribution in [0.25, 0.3) is 0 Å². The van der Waals surface area contributed by atoms with Gasteiger partial charge in [-0.05, 0) is 17.8 Å². The van der Waals surface area contributed by atoms with E-state index in [0.29, 0.717) is 0 Å². The zero-order valence-electron chi connectivity index (χ0n) is 26.1. The van der Waals surface area contributed by atoms with E-state index in [0.717, 1.165) is 17.8 Å². The molecule has 0 radical (unpaired) electrons. The fraction of sp³-hybridized carbons (Fsp3) is 1.00. The van der Waals surface area contributed by atoms with E-state index >= 15 is 0 Å². The lowest BCUT2D eigenvalue weighted by Crippen LogP contribution is -2.24. The molecule has 0 aromatic carbocycles. The maximum absolute atomic E-state index is 2.57. The fourth-order valence-corrected chi connectivity index (χ4v) is 8.07. The summed E-state index contributed by atoms with van der Waals surface area (Å²) in [5.74, 6) is 3.07. The molecule has 0 N–H and O–H groups in total. The Bertz CT molecular complexity index is 377. The average molecular weight is 517 g/mol. The van der Waals surface area contributed by atoms with Gasteiger partial charge in [-0.15, -0.1) is 0 Å². The summed E-state index contributed by atoms with van der Waals surface area (Å²) >= 11 is 0. The summed E-state index contributed by atoms with van der Waals surface area (Å²) in [6, 6.07) is 0. The van der Waals surface area contributed by atoms with Gasteiger partial charge in [0.2, 0.25) is 0 Å². The van der Waals surface area contributed by atoms with Crippen molar-refractivity contribution in [3.8, 4) is 0 Å². The first kappa shape index (κ1) is 33.2. The van der Waals surface area contributed by atoms with E-state index in [1.807, 2.05) is 0 Å². The van der Waals surface area contributed by atoms with Crippen LogP contribution >= 0.6 is 0 Å². The fourth-order valence-electron chi connectivity index (χ4n) is 8.07. The molecule has 0 bridgehead atoms. The minimum atomic E-state index is 1.02. The summed E-state index contributed by atoms with van der Waals surface area (Å²) in [5, 5.41) is 0. The lowest BCUT2D eigenvalue weighted by molar-refractivity contribution is 0.164. The van der Waals surface area contributed by atoms with Gasteiger partial charge < -0.3 is 0 Å². The third kappa shape index (κ3) is 18.1. The highest BCUT2D eigenvalue weighted by Crippen LogP contribution is 2.38. The molecule has 2 saturated carbocycles. The molecule has 37 heavy (non-hydrogen) atoms. The van der Waals surface area contributed by atoms with Crippen molar-refractivity contribution >= 4 is 0 Å². The molecule has 0 heterocycles. The molecule has 0 saturated heterocycles. The van der Waals surface area contributed by atoms with Gasteiger partial charge in [0.1, 0.15) is 0 Å². The molecule has 2 fully saturated rings. The first-order chi connectivity index (χ1) is 18.4. The molecule has 2 aliphatic rings. The van der Waals surface area contributed by atoms with E-state index in [1.165, 1.54) is 186 Å². The van der Waals surface area contributed by atoms with Crippen LogP contribution in [0.15, 0.2) is 0 Å². The van der Waals surface area contributed by atoms with Crippen molar-refractivity contribution in [2.75, 3.05) is 0 Å². The molecule has 0 aromatic rings. The van der Waals surface area contributed by atoms with E-state index in [9.17, 15) is 0 Å². The second kappa shape index (κ2) is 25.0. The Balaban J connectivity index is 1.92. The van der Waals surface area contributed by atoms with Crippen LogP contribution in [0, 0.1) is 17.8 Å². The van der Waals surface area contributed by atoms with Gasteiger partial charge in [-0.3, -0.25) is 0 Å². The topological polar surface area (TPSA) is 0 Å². The van der Waals surface area contributed by atoms with Crippen LogP contribution in [0.4, 0.5) is 0 Å². The zero-order chi connectivity index (χ0) is 26.1. The Hall–Kier alpha value is 0. The molecular formula is C37H72. The molecule has 0 spiro atoms. The number of hydrogen-bond donors (Lipinski definition) is 0. The highest BCUT2D eigenvalue weighted by atomic mass is 14.3. The number of rotatable bonds is 3. The predicted molar refractivity (Wildman–Crippen MR) is 169 cm³/mol. The van der Waals surface area contributed by atoms with Gasteiger partial charge in [0, 0.05) is 0 Å². The molecule has 0 aromatic heterocycles. The molecular weight excluding hydrogens is 444 g/mol. The van der Waals surface area contributed by atoms with Crippen molar-refractivity contribution in [2.24, 2.45) is 17.8 Å². The van der Waals surface area contributed by atoms with Gasteiger partial charge >= 0.3 is 0 Å². The number of hydrogen-bond acceptors (Lipinski definition) is 0. The Morgan fingerprint density at radius 2 is 0.459 bits per heavy atom. The summed E-state index contributed by atoms with van der Waals surface area (Å²) in [6.07, 6.45) is 49.9. The minimum absolute atomic E-state index is 1.02. The summed E-state index contributed by atoms with van der Waals surface area (Å²) in [6.45, 7) is 2.57. The second-order valence-electron chi connectivity index (χ2n) is 13.6. The van der Waals surface area contributed by atoms with E-state index in [1.54, 1.807) is 25.7 Å². The maximum atomic E-state index is 2.57. The predicted octanol–water partition coefficient (Wildman–Crippen LogP) is 13.8. The van der Waals surface area contributed by atoms with Gasteiger partial charge in [0.25, 0.3) is 0 Å². The lowest BCUT2D eigenvalue weighted by Gasteiger charge is -2.34. The molecule has 0 amide bonds. The molecule has 0 heteroatoms. The van der Waals surface area contributed by atoms with E-state index in [-0.39, 0.29) is 0 Å². The Morgan fingerprint density at radius 1 is 0.297 bits per heavy atom. The van der Waals surface area contributed by atoms with Crippen LogP contribution in [-0.2, 0) is 0 Å². The Morgan fingerprint density at radius 3 is 0.622 bits per heavy atom. The molecule has 0 nitrogen and oxygen atoms in total. The average Bonchev–Trinajstić information content (AvgIpc) is 2.91. The SMILES string of the molecule is CCC(C1CCCCCCCCCCCCCCCC1)C1CCCCCCCCCCCCCCCC1. The van der Waals surface area contributed by atoms with Gasteiger partial charge in [-0.2, -0.15) is 0 Å². The van der Waals surface area contributed by atoms with Gasteiger partial charge in [-0.25, -0.2) is 0 Å². The largest absolute Gasteiger partial charge is 0.0651 e. The van der Waals surface area contributed by atoms with Crippen molar-refractivity contribution in [1.29, 1.82) is 0 Å². The zero-order valence-corrected chi connectivity index (χ0v) is 26.1. The van der Waals surface area contributed by atoms with Crippen molar-refractivity contribution in [2.45, 2.75) is 219 Å². The highest BCUT2D eigenvalue weighted by Gasteiger charge is 2.27. The van der Waals surface area contributed by atoms with Crippen molar-refractivity contribution in [3.63, 3.8) is 0 Å². The monoisotopic (exact) mass is 517 g/mol. The van der Waals surface area contributed by atoms with E-state index < -0.39 is 0 Å². The molecule has 220 valence electrons. The van der Waals surface area contributed by atoms with Crippen LogP contribution < -0.4 is 0 Å². The normalized spacial score (nSPS) is 24.8. The van der Waals surface area contributed by atoms with Crippen molar-refractivity contribution in [1.82, 2.24) is 0 Å². The molecule has 0 atom stereocenters. The molecule has 0 unspecified atom stereocenters. The summed E-state index contributed by atoms with van der Waals surface area (Å²) in [5.41, 5.74) is 0. The van der Waals surface area contributed by atoms with E-state index in [2.05, 4.69) is 6.92 Å². The van der Waals surface area contributed by atoms with Crippen LogP contribution in [0.5, 0.6) is 0 Å². The lowest BCUT2D eigenvalue weighted by atomic mass is 9.71. The summed E-state index contributed by atoms with van der Waals surface area (Å²) < 4.78 is 0. The quantitative estimate of drug-likeness (QED) is 0.350. The summed E-state index contributed by atoms with van der Waals surface area (Å²) in [7, 11) is 0. The maximum Gasteiger partial charge on any atom is -0.0360 e. The first-order valence-corrected chi connectivity index (χ1v) is 18.4. The first-order valence-electron chi connectivity index (χ1n) is 18.4. The summed E-state index contributed by atoms with van der Waals surface area (Å²) in [4.78, 5) is 0. The third-order valence-electron chi connectivity index (χ3n) is 10.5. The molecule has 0 aliphatic heterocycles. The van der Waals surface area contributed by atoms with Gasteiger partial charge in [0.05, 0.1) is 0 Å². The molecule has 2 aliphatic carbocycles. The second-order valence-corrected chi connectivity index (χ2v) is 13.6.